The first-order chi connectivity index (χ1) is 41.3. The van der Waals surface area contributed by atoms with Crippen LogP contribution in [0, 0.1) is 6.92 Å². The van der Waals surface area contributed by atoms with Crippen molar-refractivity contribution in [2.75, 3.05) is 0 Å². The van der Waals surface area contributed by atoms with Gasteiger partial charge >= 0.3 is 0 Å². The fraction of sp³-hybridized carbons (Fsp3) is 0.0182. The molecule has 0 bridgehead atoms. The molecule has 0 aliphatic rings. The van der Waals surface area contributed by atoms with Crippen LogP contribution in [0.1, 0.15) is 45.3 Å². The number of rotatable bonds is 4. The molecule has 4 nitrogen and oxygen atoms in total. The molecule has 4 heterocycles. The molecule has 0 saturated carbocycles. The molecule has 13 aromatic rings. The topological polar surface area (TPSA) is 19.7 Å². The molecule has 0 unspecified atom stereocenters. The molecule has 9 aromatic carbocycles. The molecular weight excluding hydrogens is 717 g/mol. The van der Waals surface area contributed by atoms with Crippen molar-refractivity contribution in [1.29, 1.82) is 0 Å². The summed E-state index contributed by atoms with van der Waals surface area (Å²) in [5, 5.41) is -2.39. The third-order valence-corrected chi connectivity index (χ3v) is 10.4. The first kappa shape index (κ1) is 15.2. The zero-order valence-electron chi connectivity index (χ0n) is 59.1. The Hall–Kier alpha value is -7.82. The Bertz CT molecular complexity index is 5430. The van der Waals surface area contributed by atoms with Crippen LogP contribution in [0.2, 0.25) is 0 Å². The predicted molar refractivity (Wildman–Crippen MR) is 249 cm³/mol. The molecule has 0 fully saturated rings. The minimum atomic E-state index is -1.05. The van der Waals surface area contributed by atoms with Crippen LogP contribution >= 0.6 is 0 Å². The van der Waals surface area contributed by atoms with Crippen molar-refractivity contribution in [2.45, 2.75) is 6.92 Å². The lowest BCUT2D eigenvalue weighted by Crippen LogP contribution is -1.99. The molecular formula is C55H36N4. The Kier molecular flexibility index (Phi) is 3.11. The number of hydrogen-bond acceptors (Lipinski definition) is 0. The average molecular weight is 782 g/mol. The van der Waals surface area contributed by atoms with Gasteiger partial charge in [-0.05, 0) is 104 Å². The van der Waals surface area contributed by atoms with E-state index >= 15 is 0 Å². The highest BCUT2D eigenvalue weighted by atomic mass is 15.0. The zero-order valence-corrected chi connectivity index (χ0v) is 30.1. The summed E-state index contributed by atoms with van der Waals surface area (Å²) in [5.41, 5.74) is -5.43. The highest BCUT2D eigenvalue weighted by Crippen LogP contribution is 2.40. The Morgan fingerprint density at radius 3 is 1.31 bits per heavy atom. The van der Waals surface area contributed by atoms with E-state index in [-0.39, 0.29) is 60.9 Å². The SMILES string of the molecule is [2H]c1cc2c(c([2H])c1[2H])c1c([2H])c([2H])c([2H])cc1n2-c1cc([2H])c2c(c1)c1c([2H])c(C)c([2H])c([2H])c1n2-c1c([2H])c([2H])c2c(c1[2H])c1c([2H])c([2H])c([2H])c([2H])c1n2-c1c([2H])c([2H])c([2H])c(-n2c3c([2H])c([2H])c([2H])c([2H])c3c3c([2H])c([2H])c([2H])c([2H])c32)c1[2H]. The Balaban J connectivity index is 1.20. The third kappa shape index (κ3) is 4.54. The van der Waals surface area contributed by atoms with Crippen LogP contribution in [0.3, 0.4) is 0 Å². The van der Waals surface area contributed by atoms with Crippen molar-refractivity contribution < 1.29 is 39.8 Å². The molecule has 4 heteroatoms. The molecule has 0 aliphatic heterocycles. The molecule has 0 spiro atoms. The van der Waals surface area contributed by atoms with Crippen molar-refractivity contribution in [3.63, 3.8) is 0 Å². The Labute approximate surface area is 380 Å². The van der Waals surface area contributed by atoms with E-state index in [0.717, 1.165) is 13.7 Å². The van der Waals surface area contributed by atoms with Crippen molar-refractivity contribution in [3.05, 3.63) is 205 Å². The summed E-state index contributed by atoms with van der Waals surface area (Å²) in [4.78, 5) is 0. The van der Waals surface area contributed by atoms with Crippen LogP contribution in [0.15, 0.2) is 199 Å². The highest BCUT2D eigenvalue weighted by molar-refractivity contribution is 6.14. The van der Waals surface area contributed by atoms with Gasteiger partial charge in [-0.3, -0.25) is 0 Å². The largest absolute Gasteiger partial charge is 0.309 e. The number of benzene rings is 9. The molecule has 13 rings (SSSR count). The molecule has 0 aliphatic carbocycles. The summed E-state index contributed by atoms with van der Waals surface area (Å²) < 4.78 is 270. The van der Waals surface area contributed by atoms with E-state index in [1.54, 1.807) is 0 Å². The fourth-order valence-corrected chi connectivity index (χ4v) is 8.03. The third-order valence-electron chi connectivity index (χ3n) is 10.4. The van der Waals surface area contributed by atoms with Crippen LogP contribution in [-0.2, 0) is 0 Å². The van der Waals surface area contributed by atoms with E-state index in [1.807, 2.05) is 0 Å². The first-order valence-electron chi connectivity index (χ1n) is 32.5. The van der Waals surface area contributed by atoms with Crippen molar-refractivity contribution in [3.8, 4) is 22.7 Å². The van der Waals surface area contributed by atoms with E-state index in [2.05, 4.69) is 0 Å². The zero-order chi connectivity index (χ0) is 64.0. The van der Waals surface area contributed by atoms with Gasteiger partial charge in [0.25, 0.3) is 0 Å². The van der Waals surface area contributed by atoms with Crippen LogP contribution in [0.4, 0.5) is 0 Å². The minimum absolute atomic E-state index is 0.0294. The Morgan fingerprint density at radius 2 is 0.712 bits per heavy atom. The molecule has 4 aromatic heterocycles. The molecule has 0 radical (unpaired) electrons. The molecule has 276 valence electrons. The summed E-state index contributed by atoms with van der Waals surface area (Å²) >= 11 is 0. The quantitative estimate of drug-likeness (QED) is 0.169. The molecule has 59 heavy (non-hydrogen) atoms. The van der Waals surface area contributed by atoms with Crippen molar-refractivity contribution in [2.24, 2.45) is 0 Å². The summed E-state index contributed by atoms with van der Waals surface area (Å²) in [6.07, 6.45) is 0. The number of fused-ring (bicyclic) bond motifs is 12. The first-order valence-corrected chi connectivity index (χ1v) is 18.0. The minimum Gasteiger partial charge on any atom is -0.309 e. The van der Waals surface area contributed by atoms with Gasteiger partial charge in [-0.15, -0.1) is 0 Å². The summed E-state index contributed by atoms with van der Waals surface area (Å²) in [6.45, 7) is 1.39. The average Bonchev–Trinajstić information content (AvgIpc) is 1.54. The van der Waals surface area contributed by atoms with Gasteiger partial charge in [0.05, 0.1) is 83.9 Å². The molecule has 0 atom stereocenters. The summed E-state index contributed by atoms with van der Waals surface area (Å²) in [7, 11) is 0. The maximum Gasteiger partial charge on any atom is 0.0667 e. The van der Waals surface area contributed by atoms with Gasteiger partial charge in [-0.25, -0.2) is 0 Å². The van der Waals surface area contributed by atoms with Gasteiger partial charge in [-0.1, -0.05) is 108 Å². The van der Waals surface area contributed by atoms with Gasteiger partial charge < -0.3 is 18.3 Å². The standard InChI is InChI=1S/C55H36N4/c1-35-25-28-53-45(31-35)47-34-39(58-50-22-9-4-17-42(50)43-18-5-10-23-51(43)58)27-30-55(47)59(53)38-26-29-54-46(33-38)44-19-6-11-24-52(44)57(54)37-14-12-13-36(32-37)56-48-20-7-2-15-40(48)41-16-3-8-21-49(41)56/h2-34H,1H3/i2D,3D,4D,5D,6D,7D,8D,9D,10D,11D,12D,13D,14D,15D,16D,17D,18D,19D,20D,21D,24D,25D,26D,28D,29D,30D,31D,32D,33D. The van der Waals surface area contributed by atoms with E-state index in [9.17, 15) is 16.4 Å². The number of aromatic nitrogens is 4. The maximum atomic E-state index is 10.3. The van der Waals surface area contributed by atoms with Crippen LogP contribution in [0.25, 0.3) is 110 Å². The van der Waals surface area contributed by atoms with Crippen molar-refractivity contribution in [1.82, 2.24) is 18.3 Å². The predicted octanol–water partition coefficient (Wildman–Crippen LogP) is 14.4. The lowest BCUT2D eigenvalue weighted by atomic mass is 10.1. The van der Waals surface area contributed by atoms with Crippen molar-refractivity contribution >= 4 is 87.2 Å². The number of hydrogen-bond donors (Lipinski definition) is 0. The number of para-hydroxylation sites is 5. The van der Waals surface area contributed by atoms with Crippen LogP contribution in [-0.4, -0.2) is 18.3 Å². The second kappa shape index (κ2) is 12.1. The molecule has 0 N–H and O–H groups in total. The van der Waals surface area contributed by atoms with Gasteiger partial charge in [0.2, 0.25) is 0 Å². The smallest absolute Gasteiger partial charge is 0.0667 e. The Morgan fingerprint density at radius 1 is 0.288 bits per heavy atom. The lowest BCUT2D eigenvalue weighted by Gasteiger charge is -2.13. The van der Waals surface area contributed by atoms with E-state index in [0.29, 0.717) is 0 Å². The second-order valence-corrected chi connectivity index (χ2v) is 13.6. The van der Waals surface area contributed by atoms with E-state index in [4.69, 9.17) is 23.3 Å². The lowest BCUT2D eigenvalue weighted by molar-refractivity contribution is 1.13. The van der Waals surface area contributed by atoms with Crippen LogP contribution in [0.5, 0.6) is 0 Å². The number of nitrogens with zero attached hydrogens (tertiary/aromatic N) is 4. The van der Waals surface area contributed by atoms with Gasteiger partial charge in [0, 0.05) is 65.8 Å². The monoisotopic (exact) mass is 781 g/mol. The van der Waals surface area contributed by atoms with Gasteiger partial charge in [-0.2, -0.15) is 0 Å². The summed E-state index contributed by atoms with van der Waals surface area (Å²) in [5.74, 6) is 0. The van der Waals surface area contributed by atoms with E-state index < -0.39 is 230 Å². The van der Waals surface area contributed by atoms with E-state index in [1.165, 1.54) is 35.8 Å². The highest BCUT2D eigenvalue weighted by Gasteiger charge is 2.20. The van der Waals surface area contributed by atoms with Gasteiger partial charge in [0.15, 0.2) is 0 Å². The fourth-order valence-electron chi connectivity index (χ4n) is 8.03. The molecule has 0 saturated heterocycles. The molecule has 0 amide bonds. The second-order valence-electron chi connectivity index (χ2n) is 13.6. The summed E-state index contributed by atoms with van der Waals surface area (Å²) in [6, 6.07) is -16.9. The van der Waals surface area contributed by atoms with Crippen LogP contribution < -0.4 is 0 Å². The maximum absolute atomic E-state index is 10.3. The normalized spacial score (nSPS) is 19.0. The van der Waals surface area contributed by atoms with Gasteiger partial charge in [0.1, 0.15) is 0 Å².